The molecule has 0 bridgehead atoms. The van der Waals surface area contributed by atoms with E-state index in [1.807, 2.05) is 0 Å². The van der Waals surface area contributed by atoms with Gasteiger partial charge in [-0.2, -0.15) is 5.10 Å². The summed E-state index contributed by atoms with van der Waals surface area (Å²) in [5.74, 6) is 0.651. The molecule has 0 fully saturated rings. The Bertz CT molecular complexity index is 839. The van der Waals surface area contributed by atoms with Crippen LogP contribution in [0.4, 0.5) is 4.39 Å². The van der Waals surface area contributed by atoms with Crippen LogP contribution in [0.2, 0.25) is 0 Å². The number of oxazole rings is 1. The van der Waals surface area contributed by atoms with Gasteiger partial charge in [0.2, 0.25) is 5.89 Å². The van der Waals surface area contributed by atoms with E-state index in [0.29, 0.717) is 22.9 Å². The first kappa shape index (κ1) is 13.2. The third kappa shape index (κ3) is 2.74. The summed E-state index contributed by atoms with van der Waals surface area (Å²) >= 11 is 0. The number of hydrogen-bond acceptors (Lipinski definition) is 4. The molecule has 2 heterocycles. The normalized spacial score (nSPS) is 10.8. The molecule has 3 aromatic rings. The van der Waals surface area contributed by atoms with Gasteiger partial charge >= 0.3 is 0 Å². The van der Waals surface area contributed by atoms with Crippen molar-refractivity contribution in [2.75, 3.05) is 0 Å². The molecular weight excluding hydrogens is 273 g/mol. The SMILES string of the molecule is Cc1cnc(Cn2nc(-c3ccccc3F)ccc2=O)o1. The van der Waals surface area contributed by atoms with E-state index < -0.39 is 0 Å². The quantitative estimate of drug-likeness (QED) is 0.741. The number of aryl methyl sites for hydroxylation is 1. The highest BCUT2D eigenvalue weighted by molar-refractivity contribution is 5.58. The lowest BCUT2D eigenvalue weighted by Crippen LogP contribution is -2.23. The molecule has 5 nitrogen and oxygen atoms in total. The molecule has 2 aromatic heterocycles. The van der Waals surface area contributed by atoms with Gasteiger partial charge in [-0.1, -0.05) is 12.1 Å². The summed E-state index contributed by atoms with van der Waals surface area (Å²) in [5, 5.41) is 4.17. The fourth-order valence-electron chi connectivity index (χ4n) is 1.98. The predicted octanol–water partition coefficient (Wildman–Crippen LogP) is 2.39. The van der Waals surface area contributed by atoms with Gasteiger partial charge in [-0.25, -0.2) is 14.1 Å². The molecule has 0 saturated carbocycles. The summed E-state index contributed by atoms with van der Waals surface area (Å²) in [6.07, 6.45) is 1.57. The van der Waals surface area contributed by atoms with Crippen molar-refractivity contribution in [2.45, 2.75) is 13.5 Å². The Hall–Kier alpha value is -2.76. The summed E-state index contributed by atoms with van der Waals surface area (Å²) in [7, 11) is 0. The molecule has 0 spiro atoms. The van der Waals surface area contributed by atoms with Crippen LogP contribution in [0, 0.1) is 12.7 Å². The van der Waals surface area contributed by atoms with Crippen molar-refractivity contribution in [3.05, 3.63) is 70.4 Å². The molecule has 3 rings (SSSR count). The second-order valence-corrected chi connectivity index (χ2v) is 4.56. The van der Waals surface area contributed by atoms with Gasteiger partial charge in [0.25, 0.3) is 5.56 Å². The number of halogens is 1. The van der Waals surface area contributed by atoms with Crippen LogP contribution in [-0.2, 0) is 6.54 Å². The second kappa shape index (κ2) is 5.32. The van der Waals surface area contributed by atoms with E-state index in [1.54, 1.807) is 31.3 Å². The van der Waals surface area contributed by atoms with Crippen LogP contribution in [-0.4, -0.2) is 14.8 Å². The minimum absolute atomic E-state index is 0.106. The lowest BCUT2D eigenvalue weighted by molar-refractivity contribution is 0.440. The van der Waals surface area contributed by atoms with Gasteiger partial charge in [0, 0.05) is 11.6 Å². The number of hydrogen-bond donors (Lipinski definition) is 0. The van der Waals surface area contributed by atoms with Crippen LogP contribution in [0.15, 0.2) is 51.8 Å². The molecule has 6 heteroatoms. The average molecular weight is 285 g/mol. The van der Waals surface area contributed by atoms with Crippen LogP contribution in [0.5, 0.6) is 0 Å². The largest absolute Gasteiger partial charge is 0.444 e. The fourth-order valence-corrected chi connectivity index (χ4v) is 1.98. The van der Waals surface area contributed by atoms with Crippen LogP contribution < -0.4 is 5.56 Å². The van der Waals surface area contributed by atoms with Crippen molar-refractivity contribution in [3.63, 3.8) is 0 Å². The number of benzene rings is 1. The van der Waals surface area contributed by atoms with Crippen molar-refractivity contribution < 1.29 is 8.81 Å². The van der Waals surface area contributed by atoms with Gasteiger partial charge in [0.15, 0.2) is 0 Å². The van der Waals surface area contributed by atoms with Crippen LogP contribution in [0.1, 0.15) is 11.7 Å². The predicted molar refractivity (Wildman–Crippen MR) is 74.2 cm³/mol. The van der Waals surface area contributed by atoms with Crippen LogP contribution in [0.3, 0.4) is 0 Å². The smallest absolute Gasteiger partial charge is 0.267 e. The minimum atomic E-state index is -0.387. The van der Waals surface area contributed by atoms with Crippen molar-refractivity contribution in [3.8, 4) is 11.3 Å². The second-order valence-electron chi connectivity index (χ2n) is 4.56. The molecule has 0 amide bonds. The van der Waals surface area contributed by atoms with Crippen LogP contribution >= 0.6 is 0 Å². The van der Waals surface area contributed by atoms with E-state index in [1.165, 1.54) is 22.9 Å². The monoisotopic (exact) mass is 285 g/mol. The molecule has 21 heavy (non-hydrogen) atoms. The molecule has 0 unspecified atom stereocenters. The van der Waals surface area contributed by atoms with E-state index in [-0.39, 0.29) is 17.9 Å². The van der Waals surface area contributed by atoms with Crippen molar-refractivity contribution >= 4 is 0 Å². The van der Waals surface area contributed by atoms with E-state index in [2.05, 4.69) is 10.1 Å². The molecule has 0 N–H and O–H groups in total. The molecular formula is C15H12FN3O2. The zero-order valence-corrected chi connectivity index (χ0v) is 11.3. The topological polar surface area (TPSA) is 60.9 Å². The van der Waals surface area contributed by atoms with Crippen molar-refractivity contribution in [1.29, 1.82) is 0 Å². The number of nitrogens with zero attached hydrogens (tertiary/aromatic N) is 3. The molecule has 0 atom stereocenters. The Morgan fingerprint density at radius 1 is 1.24 bits per heavy atom. The van der Waals surface area contributed by atoms with E-state index in [4.69, 9.17) is 4.42 Å². The molecule has 0 aliphatic rings. The number of aromatic nitrogens is 3. The highest BCUT2D eigenvalue weighted by Crippen LogP contribution is 2.19. The van der Waals surface area contributed by atoms with Gasteiger partial charge in [-0.05, 0) is 25.1 Å². The van der Waals surface area contributed by atoms with Crippen molar-refractivity contribution in [2.24, 2.45) is 0 Å². The van der Waals surface area contributed by atoms with E-state index in [9.17, 15) is 9.18 Å². The van der Waals surface area contributed by atoms with Gasteiger partial charge < -0.3 is 4.42 Å². The summed E-state index contributed by atoms with van der Waals surface area (Å²) < 4.78 is 20.3. The van der Waals surface area contributed by atoms with Gasteiger partial charge in [-0.15, -0.1) is 0 Å². The Balaban J connectivity index is 2.00. The Kier molecular flexibility index (Phi) is 3.35. The average Bonchev–Trinajstić information content (AvgIpc) is 2.87. The maximum absolute atomic E-state index is 13.8. The minimum Gasteiger partial charge on any atom is -0.444 e. The zero-order chi connectivity index (χ0) is 14.8. The van der Waals surface area contributed by atoms with Gasteiger partial charge in [0.05, 0.1) is 11.9 Å². The Morgan fingerprint density at radius 3 is 2.76 bits per heavy atom. The first-order valence-electron chi connectivity index (χ1n) is 6.38. The maximum Gasteiger partial charge on any atom is 0.267 e. The molecule has 1 aromatic carbocycles. The highest BCUT2D eigenvalue weighted by Gasteiger charge is 2.09. The van der Waals surface area contributed by atoms with Gasteiger partial charge in [0.1, 0.15) is 18.1 Å². The standard InChI is InChI=1S/C15H12FN3O2/c1-10-8-17-14(21-10)9-19-15(20)7-6-13(18-19)11-4-2-3-5-12(11)16/h2-8H,9H2,1H3. The zero-order valence-electron chi connectivity index (χ0n) is 11.3. The van der Waals surface area contributed by atoms with Gasteiger partial charge in [-0.3, -0.25) is 4.79 Å². The third-order valence-corrected chi connectivity index (χ3v) is 2.97. The lowest BCUT2D eigenvalue weighted by atomic mass is 10.1. The first-order chi connectivity index (χ1) is 10.1. The fraction of sp³-hybridized carbons (Fsp3) is 0.133. The molecule has 106 valence electrons. The van der Waals surface area contributed by atoms with E-state index in [0.717, 1.165) is 0 Å². The number of rotatable bonds is 3. The molecule has 0 aliphatic carbocycles. The Labute approximate surface area is 119 Å². The summed E-state index contributed by atoms with van der Waals surface area (Å²) in [4.78, 5) is 15.9. The first-order valence-corrected chi connectivity index (χ1v) is 6.38. The molecule has 0 radical (unpaired) electrons. The van der Waals surface area contributed by atoms with Crippen molar-refractivity contribution in [1.82, 2.24) is 14.8 Å². The lowest BCUT2D eigenvalue weighted by Gasteiger charge is -2.06. The summed E-state index contributed by atoms with van der Waals surface area (Å²) in [6.45, 7) is 1.87. The maximum atomic E-state index is 13.8. The Morgan fingerprint density at radius 2 is 2.05 bits per heavy atom. The summed E-state index contributed by atoms with van der Waals surface area (Å²) in [5.41, 5.74) is 0.428. The summed E-state index contributed by atoms with van der Waals surface area (Å²) in [6, 6.07) is 9.13. The molecule has 0 saturated heterocycles. The third-order valence-electron chi connectivity index (χ3n) is 2.97. The van der Waals surface area contributed by atoms with E-state index >= 15 is 0 Å². The highest BCUT2D eigenvalue weighted by atomic mass is 19.1. The molecule has 0 aliphatic heterocycles. The van der Waals surface area contributed by atoms with Crippen LogP contribution in [0.25, 0.3) is 11.3 Å².